The summed E-state index contributed by atoms with van der Waals surface area (Å²) in [6.07, 6.45) is 5.25. The van der Waals surface area contributed by atoms with E-state index in [1.165, 1.54) is 30.3 Å². The molecule has 0 aromatic carbocycles. The fraction of sp³-hybridized carbons (Fsp3) is 0.650. The van der Waals surface area contributed by atoms with E-state index in [9.17, 15) is 9.59 Å². The SMILES string of the molecule is Cc1sc2nc(C)n(CC(=O)N[C@H](C)[C@H]3C[C@H]4CC[C@H]3C4)c(=O)c2c1C. The largest absolute Gasteiger partial charge is 0.352 e. The molecular weight excluding hydrogens is 346 g/mol. The number of aromatic nitrogens is 2. The zero-order valence-electron chi connectivity index (χ0n) is 16.0. The Labute approximate surface area is 157 Å². The van der Waals surface area contributed by atoms with Crippen LogP contribution in [0.25, 0.3) is 10.2 Å². The molecule has 2 heterocycles. The van der Waals surface area contributed by atoms with E-state index in [0.717, 1.165) is 27.1 Å². The lowest BCUT2D eigenvalue weighted by molar-refractivity contribution is -0.122. The van der Waals surface area contributed by atoms with Crippen LogP contribution in [0.2, 0.25) is 0 Å². The van der Waals surface area contributed by atoms with Gasteiger partial charge in [0.25, 0.3) is 5.56 Å². The maximum absolute atomic E-state index is 12.9. The molecule has 26 heavy (non-hydrogen) atoms. The van der Waals surface area contributed by atoms with Crippen LogP contribution in [0.4, 0.5) is 0 Å². The third-order valence-electron chi connectivity index (χ3n) is 6.61. The van der Waals surface area contributed by atoms with Crippen LogP contribution in [-0.4, -0.2) is 21.5 Å². The van der Waals surface area contributed by atoms with Gasteiger partial charge in [0.1, 0.15) is 17.2 Å². The maximum Gasteiger partial charge on any atom is 0.263 e. The van der Waals surface area contributed by atoms with E-state index in [0.29, 0.717) is 17.1 Å². The standard InChI is InChI=1S/C20H27N3O2S/c1-10-12(3)26-19-18(10)20(25)23(13(4)22-19)9-17(24)21-11(2)16-8-14-5-6-15(16)7-14/h11,14-16H,5-9H2,1-4H3,(H,21,24)/t11-,14+,15+,16-/m1/s1. The first kappa shape index (κ1) is 17.7. The molecule has 0 saturated heterocycles. The van der Waals surface area contributed by atoms with Crippen molar-refractivity contribution < 1.29 is 4.79 Å². The van der Waals surface area contributed by atoms with E-state index >= 15 is 0 Å². The van der Waals surface area contributed by atoms with E-state index in [4.69, 9.17) is 0 Å². The normalized spacial score (nSPS) is 25.8. The summed E-state index contributed by atoms with van der Waals surface area (Å²) in [6, 6.07) is 0.177. The number of fused-ring (bicyclic) bond motifs is 3. The molecule has 2 aromatic heterocycles. The van der Waals surface area contributed by atoms with E-state index in [1.54, 1.807) is 18.3 Å². The number of hydrogen-bond donors (Lipinski definition) is 1. The van der Waals surface area contributed by atoms with Crippen molar-refractivity contribution in [2.45, 2.75) is 66.0 Å². The number of nitrogens with one attached hydrogen (secondary N) is 1. The van der Waals surface area contributed by atoms with Gasteiger partial charge in [-0.1, -0.05) is 6.42 Å². The molecule has 1 N–H and O–H groups in total. The van der Waals surface area contributed by atoms with Gasteiger partial charge in [0.05, 0.1) is 5.39 Å². The Kier molecular flexibility index (Phi) is 4.41. The van der Waals surface area contributed by atoms with Crippen molar-refractivity contribution in [1.29, 1.82) is 0 Å². The topological polar surface area (TPSA) is 64.0 Å². The maximum atomic E-state index is 12.9. The van der Waals surface area contributed by atoms with Gasteiger partial charge in [0.15, 0.2) is 0 Å². The predicted molar refractivity (Wildman–Crippen MR) is 105 cm³/mol. The minimum atomic E-state index is -0.0999. The molecule has 2 bridgehead atoms. The average molecular weight is 374 g/mol. The van der Waals surface area contributed by atoms with Crippen LogP contribution < -0.4 is 10.9 Å². The van der Waals surface area contributed by atoms with Gasteiger partial charge >= 0.3 is 0 Å². The zero-order chi connectivity index (χ0) is 18.6. The predicted octanol–water partition coefficient (Wildman–Crippen LogP) is 3.32. The molecule has 4 rings (SSSR count). The van der Waals surface area contributed by atoms with Crippen molar-refractivity contribution in [2.75, 3.05) is 0 Å². The van der Waals surface area contributed by atoms with Crippen LogP contribution in [0.1, 0.15) is 48.9 Å². The molecule has 4 atom stereocenters. The summed E-state index contributed by atoms with van der Waals surface area (Å²) in [4.78, 5) is 32.0. The summed E-state index contributed by atoms with van der Waals surface area (Å²) in [5.41, 5.74) is 0.879. The molecule has 140 valence electrons. The minimum absolute atomic E-state index is 0.0487. The van der Waals surface area contributed by atoms with Crippen LogP contribution >= 0.6 is 11.3 Å². The van der Waals surface area contributed by atoms with Gasteiger partial charge in [0, 0.05) is 10.9 Å². The van der Waals surface area contributed by atoms with Gasteiger partial charge in [-0.3, -0.25) is 14.2 Å². The lowest BCUT2D eigenvalue weighted by Gasteiger charge is -2.28. The van der Waals surface area contributed by atoms with Crippen molar-refractivity contribution >= 4 is 27.5 Å². The second-order valence-electron chi connectivity index (χ2n) is 8.21. The average Bonchev–Trinajstić information content (AvgIpc) is 3.27. The first-order valence-electron chi connectivity index (χ1n) is 9.61. The van der Waals surface area contributed by atoms with Crippen LogP contribution in [0.5, 0.6) is 0 Å². The second-order valence-corrected chi connectivity index (χ2v) is 9.41. The fourth-order valence-corrected chi connectivity index (χ4v) is 6.14. The molecule has 5 nitrogen and oxygen atoms in total. The molecule has 2 saturated carbocycles. The molecule has 0 aliphatic heterocycles. The van der Waals surface area contributed by atoms with Crippen molar-refractivity contribution in [3.63, 3.8) is 0 Å². The number of nitrogens with zero attached hydrogens (tertiary/aromatic N) is 2. The molecule has 2 aliphatic carbocycles. The summed E-state index contributed by atoms with van der Waals surface area (Å²) in [5.74, 6) is 2.75. The molecule has 0 spiro atoms. The van der Waals surface area contributed by atoms with Gasteiger partial charge in [-0.05, 0) is 70.3 Å². The van der Waals surface area contributed by atoms with Crippen LogP contribution in [-0.2, 0) is 11.3 Å². The summed E-state index contributed by atoms with van der Waals surface area (Å²) in [7, 11) is 0. The first-order chi connectivity index (χ1) is 12.3. The Morgan fingerprint density at radius 2 is 2.08 bits per heavy atom. The highest BCUT2D eigenvalue weighted by Crippen LogP contribution is 2.49. The Hall–Kier alpha value is -1.69. The third kappa shape index (κ3) is 2.88. The van der Waals surface area contributed by atoms with Gasteiger partial charge in [-0.15, -0.1) is 11.3 Å². The Balaban J connectivity index is 1.52. The highest BCUT2D eigenvalue weighted by atomic mass is 32.1. The van der Waals surface area contributed by atoms with Crippen molar-refractivity contribution in [1.82, 2.24) is 14.9 Å². The van der Waals surface area contributed by atoms with E-state index in [2.05, 4.69) is 17.2 Å². The Morgan fingerprint density at radius 3 is 2.73 bits per heavy atom. The molecule has 2 aliphatic rings. The number of amides is 1. The quantitative estimate of drug-likeness (QED) is 0.894. The highest BCUT2D eigenvalue weighted by molar-refractivity contribution is 7.18. The molecule has 1 amide bonds. The number of thiophene rings is 1. The smallest absolute Gasteiger partial charge is 0.263 e. The van der Waals surface area contributed by atoms with Crippen molar-refractivity contribution in [2.24, 2.45) is 17.8 Å². The summed E-state index contributed by atoms with van der Waals surface area (Å²) in [5, 5.41) is 3.81. The summed E-state index contributed by atoms with van der Waals surface area (Å²) < 4.78 is 1.52. The molecule has 6 heteroatoms. The molecule has 2 fully saturated rings. The number of rotatable bonds is 4. The van der Waals surface area contributed by atoms with E-state index in [-0.39, 0.29) is 24.1 Å². The van der Waals surface area contributed by atoms with Gasteiger partial charge in [0.2, 0.25) is 5.91 Å². The van der Waals surface area contributed by atoms with Crippen LogP contribution in [0.3, 0.4) is 0 Å². The second kappa shape index (κ2) is 6.48. The molecular formula is C20H27N3O2S. The van der Waals surface area contributed by atoms with E-state index < -0.39 is 0 Å². The highest BCUT2D eigenvalue weighted by Gasteiger charge is 2.42. The van der Waals surface area contributed by atoms with E-state index in [1.807, 2.05) is 13.8 Å². The van der Waals surface area contributed by atoms with Crippen LogP contribution in [0, 0.1) is 38.5 Å². The molecule has 0 unspecified atom stereocenters. The Bertz CT molecular complexity index is 929. The fourth-order valence-electron chi connectivity index (χ4n) is 5.07. The van der Waals surface area contributed by atoms with Gasteiger partial charge < -0.3 is 5.32 Å². The molecule has 0 radical (unpaired) electrons. The summed E-state index contributed by atoms with van der Waals surface area (Å²) in [6.45, 7) is 7.93. The number of hydrogen-bond acceptors (Lipinski definition) is 4. The zero-order valence-corrected chi connectivity index (χ0v) is 16.8. The number of carbonyl (C=O) groups is 1. The minimum Gasteiger partial charge on any atom is -0.352 e. The Morgan fingerprint density at radius 1 is 1.31 bits per heavy atom. The summed E-state index contributed by atoms with van der Waals surface area (Å²) >= 11 is 1.54. The van der Waals surface area contributed by atoms with Gasteiger partial charge in [-0.25, -0.2) is 4.98 Å². The first-order valence-corrected chi connectivity index (χ1v) is 10.4. The van der Waals surface area contributed by atoms with Crippen molar-refractivity contribution in [3.05, 3.63) is 26.6 Å². The third-order valence-corrected chi connectivity index (χ3v) is 7.71. The lowest BCUT2D eigenvalue weighted by atomic mass is 9.84. The van der Waals surface area contributed by atoms with Crippen LogP contribution in [0.15, 0.2) is 4.79 Å². The number of aryl methyl sites for hydroxylation is 3. The van der Waals surface area contributed by atoms with Gasteiger partial charge in [-0.2, -0.15) is 0 Å². The molecule has 2 aromatic rings. The monoisotopic (exact) mass is 373 g/mol. The van der Waals surface area contributed by atoms with Crippen molar-refractivity contribution in [3.8, 4) is 0 Å². The lowest BCUT2D eigenvalue weighted by Crippen LogP contribution is -2.43. The number of carbonyl (C=O) groups excluding carboxylic acids is 1.